The van der Waals surface area contributed by atoms with Gasteiger partial charge in [0, 0.05) is 29.5 Å². The maximum absolute atomic E-state index is 12.6. The summed E-state index contributed by atoms with van der Waals surface area (Å²) < 4.78 is 5.87. The van der Waals surface area contributed by atoms with E-state index >= 15 is 0 Å². The van der Waals surface area contributed by atoms with Crippen molar-refractivity contribution in [1.29, 1.82) is 0 Å². The predicted molar refractivity (Wildman–Crippen MR) is 118 cm³/mol. The number of rotatable bonds is 8. The van der Waals surface area contributed by atoms with Crippen LogP contribution in [0.2, 0.25) is 0 Å². The van der Waals surface area contributed by atoms with Gasteiger partial charge in [-0.1, -0.05) is 24.3 Å². The summed E-state index contributed by atoms with van der Waals surface area (Å²) in [7, 11) is 0. The first-order valence-corrected chi connectivity index (χ1v) is 11.2. The summed E-state index contributed by atoms with van der Waals surface area (Å²) in [6.45, 7) is 1.65. The van der Waals surface area contributed by atoms with Crippen molar-refractivity contribution in [2.24, 2.45) is 0 Å². The van der Waals surface area contributed by atoms with Crippen LogP contribution in [-0.4, -0.2) is 47.4 Å². The minimum absolute atomic E-state index is 0.0295. The zero-order chi connectivity index (χ0) is 20.8. The zero-order valence-electron chi connectivity index (χ0n) is 16.8. The molecule has 7 heteroatoms. The molecule has 30 heavy (non-hydrogen) atoms. The van der Waals surface area contributed by atoms with Crippen molar-refractivity contribution in [1.82, 2.24) is 15.2 Å². The highest BCUT2D eigenvalue weighted by Crippen LogP contribution is 2.23. The topological polar surface area (TPSA) is 71.5 Å². The Labute approximate surface area is 179 Å². The number of carbonyl (C=O) groups is 2. The van der Waals surface area contributed by atoms with Gasteiger partial charge in [-0.05, 0) is 42.8 Å². The number of hydrogen-bond donors (Lipinski definition) is 1. The van der Waals surface area contributed by atoms with E-state index in [2.05, 4.69) is 10.3 Å². The maximum atomic E-state index is 12.6. The number of hydrogen-bond acceptors (Lipinski definition) is 5. The van der Waals surface area contributed by atoms with Crippen LogP contribution >= 0.6 is 11.3 Å². The van der Waals surface area contributed by atoms with Crippen LogP contribution in [0.1, 0.15) is 24.1 Å². The van der Waals surface area contributed by atoms with Gasteiger partial charge in [0.25, 0.3) is 0 Å². The number of pyridine rings is 1. The Morgan fingerprint density at radius 1 is 1.20 bits per heavy atom. The third-order valence-corrected chi connectivity index (χ3v) is 6.13. The molecule has 0 spiro atoms. The molecule has 1 aliphatic heterocycles. The molecule has 0 aliphatic carbocycles. The molecule has 4 rings (SSSR count). The van der Waals surface area contributed by atoms with Gasteiger partial charge in [-0.25, -0.2) is 0 Å². The molecule has 1 aliphatic rings. The molecule has 0 radical (unpaired) electrons. The molecule has 0 bridgehead atoms. The lowest BCUT2D eigenvalue weighted by atomic mass is 10.2. The van der Waals surface area contributed by atoms with Crippen LogP contribution in [0, 0.1) is 0 Å². The van der Waals surface area contributed by atoms with Gasteiger partial charge >= 0.3 is 0 Å². The average molecular weight is 424 g/mol. The summed E-state index contributed by atoms with van der Waals surface area (Å²) in [6, 6.07) is 13.3. The fourth-order valence-corrected chi connectivity index (χ4v) is 4.47. The highest BCUT2D eigenvalue weighted by atomic mass is 32.1. The van der Waals surface area contributed by atoms with E-state index in [1.165, 1.54) is 0 Å². The van der Waals surface area contributed by atoms with Crippen molar-refractivity contribution in [2.45, 2.75) is 31.7 Å². The van der Waals surface area contributed by atoms with E-state index in [1.54, 1.807) is 22.4 Å². The highest BCUT2D eigenvalue weighted by Gasteiger charge is 2.33. The van der Waals surface area contributed by atoms with Crippen molar-refractivity contribution in [3.05, 3.63) is 58.9 Å². The molecule has 1 saturated heterocycles. The van der Waals surface area contributed by atoms with Gasteiger partial charge in [0.2, 0.25) is 11.8 Å². The molecule has 2 amide bonds. The molecule has 1 aromatic carbocycles. The molecule has 3 heterocycles. The number of likely N-dealkylation sites (tertiary alicyclic amines) is 1. The van der Waals surface area contributed by atoms with Gasteiger partial charge in [0.1, 0.15) is 17.3 Å². The van der Waals surface area contributed by atoms with Crippen LogP contribution < -0.4 is 10.1 Å². The van der Waals surface area contributed by atoms with Crippen LogP contribution in [-0.2, 0) is 16.0 Å². The average Bonchev–Trinajstić information content (AvgIpc) is 3.45. The fraction of sp³-hybridized carbons (Fsp3) is 0.348. The lowest BCUT2D eigenvalue weighted by molar-refractivity contribution is -0.137. The number of carbonyl (C=O) groups excluding carboxylic acids is 2. The first-order chi connectivity index (χ1) is 14.7. The first-order valence-electron chi connectivity index (χ1n) is 10.3. The van der Waals surface area contributed by atoms with E-state index in [-0.39, 0.29) is 17.9 Å². The minimum atomic E-state index is -0.361. The number of nitrogens with one attached hydrogen (secondary N) is 1. The van der Waals surface area contributed by atoms with Gasteiger partial charge in [0.05, 0.1) is 13.0 Å². The summed E-state index contributed by atoms with van der Waals surface area (Å²) in [5.74, 6) is 0.710. The second kappa shape index (κ2) is 9.71. The van der Waals surface area contributed by atoms with Crippen molar-refractivity contribution in [2.75, 3.05) is 19.7 Å². The quantitative estimate of drug-likeness (QED) is 0.564. The number of ether oxygens (including phenoxy) is 1. The summed E-state index contributed by atoms with van der Waals surface area (Å²) in [5.41, 5.74) is 0.842. The normalized spacial score (nSPS) is 16.0. The number of thiophene rings is 1. The van der Waals surface area contributed by atoms with Gasteiger partial charge < -0.3 is 15.0 Å². The first kappa shape index (κ1) is 20.3. The summed E-state index contributed by atoms with van der Waals surface area (Å²) in [5, 5.41) is 5.97. The molecular formula is C23H25N3O3S. The lowest BCUT2D eigenvalue weighted by Crippen LogP contribution is -2.46. The van der Waals surface area contributed by atoms with Crippen LogP contribution in [0.15, 0.2) is 54.0 Å². The van der Waals surface area contributed by atoms with E-state index in [9.17, 15) is 9.59 Å². The molecule has 0 saturated carbocycles. The number of nitrogens with zero attached hydrogens (tertiary/aromatic N) is 2. The van der Waals surface area contributed by atoms with E-state index in [4.69, 9.17) is 4.74 Å². The molecular weight excluding hydrogens is 398 g/mol. The van der Waals surface area contributed by atoms with Crippen LogP contribution in [0.3, 0.4) is 0 Å². The molecule has 156 valence electrons. The number of aromatic nitrogens is 1. The fourth-order valence-electron chi connectivity index (χ4n) is 3.78. The summed E-state index contributed by atoms with van der Waals surface area (Å²) in [4.78, 5) is 32.4. The van der Waals surface area contributed by atoms with E-state index in [0.717, 1.165) is 34.4 Å². The number of amides is 2. The third kappa shape index (κ3) is 4.79. The van der Waals surface area contributed by atoms with Crippen molar-refractivity contribution in [3.63, 3.8) is 0 Å². The van der Waals surface area contributed by atoms with E-state index in [0.29, 0.717) is 32.5 Å². The summed E-state index contributed by atoms with van der Waals surface area (Å²) in [6.07, 6.45) is 4.40. The standard InChI is InChI=1S/C23H25N3O3S/c27-21(16-18-8-4-15-30-18)26-13-3-9-19(26)23(28)25-12-5-14-29-20-10-1-6-17-7-2-11-24-22(17)20/h1-2,4,6-8,10-11,15,19H,3,5,9,12-14,16H2,(H,25,28). The number of benzene rings is 1. The second-order valence-corrected chi connectivity index (χ2v) is 8.36. The monoisotopic (exact) mass is 423 g/mol. The van der Waals surface area contributed by atoms with E-state index in [1.807, 2.05) is 47.8 Å². The molecule has 2 aromatic heterocycles. The van der Waals surface area contributed by atoms with Crippen molar-refractivity contribution >= 4 is 34.1 Å². The predicted octanol–water partition coefficient (Wildman–Crippen LogP) is 3.42. The SMILES string of the molecule is O=C(NCCCOc1cccc2cccnc12)C1CCCN1C(=O)Cc1cccs1. The lowest BCUT2D eigenvalue weighted by Gasteiger charge is -2.24. The molecule has 1 atom stereocenters. The Morgan fingerprint density at radius 3 is 2.97 bits per heavy atom. The Kier molecular flexibility index (Phi) is 6.59. The van der Waals surface area contributed by atoms with Crippen molar-refractivity contribution < 1.29 is 14.3 Å². The molecule has 1 unspecified atom stereocenters. The van der Waals surface area contributed by atoms with Gasteiger partial charge in [0.15, 0.2) is 0 Å². The Morgan fingerprint density at radius 2 is 2.10 bits per heavy atom. The number of fused-ring (bicyclic) bond motifs is 1. The zero-order valence-corrected chi connectivity index (χ0v) is 17.6. The third-order valence-electron chi connectivity index (χ3n) is 5.25. The molecule has 1 fully saturated rings. The van der Waals surface area contributed by atoms with E-state index < -0.39 is 0 Å². The Balaban J connectivity index is 1.23. The second-order valence-electron chi connectivity index (χ2n) is 7.33. The Bertz CT molecular complexity index is 1000. The highest BCUT2D eigenvalue weighted by molar-refractivity contribution is 7.10. The summed E-state index contributed by atoms with van der Waals surface area (Å²) >= 11 is 1.57. The van der Waals surface area contributed by atoms with Crippen LogP contribution in [0.25, 0.3) is 10.9 Å². The molecule has 6 nitrogen and oxygen atoms in total. The largest absolute Gasteiger partial charge is 0.491 e. The molecule has 1 N–H and O–H groups in total. The van der Waals surface area contributed by atoms with Crippen LogP contribution in [0.5, 0.6) is 5.75 Å². The smallest absolute Gasteiger partial charge is 0.242 e. The van der Waals surface area contributed by atoms with Gasteiger partial charge in [-0.15, -0.1) is 11.3 Å². The minimum Gasteiger partial charge on any atom is -0.491 e. The van der Waals surface area contributed by atoms with Crippen molar-refractivity contribution in [3.8, 4) is 5.75 Å². The van der Waals surface area contributed by atoms with Crippen LogP contribution in [0.4, 0.5) is 0 Å². The molecule has 3 aromatic rings. The van der Waals surface area contributed by atoms with Gasteiger partial charge in [-0.2, -0.15) is 0 Å². The number of para-hydroxylation sites is 1. The Hall–Kier alpha value is -2.93. The van der Waals surface area contributed by atoms with Gasteiger partial charge in [-0.3, -0.25) is 14.6 Å². The maximum Gasteiger partial charge on any atom is 0.242 e.